The molecule has 0 spiro atoms. The van der Waals surface area contributed by atoms with E-state index >= 15 is 0 Å². The van der Waals surface area contributed by atoms with E-state index in [1.165, 1.54) is 0 Å². The third-order valence-corrected chi connectivity index (χ3v) is 3.15. The molecule has 1 aromatic rings. The first-order valence-corrected chi connectivity index (χ1v) is 7.31. The van der Waals surface area contributed by atoms with Gasteiger partial charge in [0.15, 0.2) is 0 Å². The van der Waals surface area contributed by atoms with Crippen LogP contribution in [0.2, 0.25) is 0 Å². The lowest BCUT2D eigenvalue weighted by Crippen LogP contribution is -2.36. The molecule has 1 amide bonds. The molecule has 96 valence electrons. The molecule has 0 aromatic carbocycles. The summed E-state index contributed by atoms with van der Waals surface area (Å²) in [6.45, 7) is 4.12. The maximum atomic E-state index is 11.8. The monoisotopic (exact) mass is 256 g/mol. The number of aromatic amines is 1. The Labute approximate surface area is 106 Å². The van der Waals surface area contributed by atoms with Crippen molar-refractivity contribution in [2.75, 3.05) is 12.0 Å². The highest BCUT2D eigenvalue weighted by Gasteiger charge is 2.15. The predicted octanol–water partition coefficient (Wildman–Crippen LogP) is 1.63. The van der Waals surface area contributed by atoms with Crippen LogP contribution in [0.5, 0.6) is 0 Å². The first-order valence-electron chi connectivity index (χ1n) is 5.92. The van der Waals surface area contributed by atoms with Crippen LogP contribution in [0, 0.1) is 0 Å². The van der Waals surface area contributed by atoms with Gasteiger partial charge in [0.2, 0.25) is 5.82 Å². The van der Waals surface area contributed by atoms with E-state index in [0.29, 0.717) is 0 Å². The number of H-pyrrole nitrogens is 1. The molecule has 2 N–H and O–H groups in total. The van der Waals surface area contributed by atoms with Gasteiger partial charge in [0.1, 0.15) is 5.82 Å². The van der Waals surface area contributed by atoms with Crippen LogP contribution >= 0.6 is 11.8 Å². The molecule has 0 saturated heterocycles. The molecule has 1 unspecified atom stereocenters. The Morgan fingerprint density at radius 1 is 1.53 bits per heavy atom. The minimum atomic E-state index is -0.190. The normalized spacial score (nSPS) is 12.4. The molecule has 0 saturated carbocycles. The second kappa shape index (κ2) is 7.32. The molecular weight excluding hydrogens is 236 g/mol. The molecule has 1 rings (SSSR count). The Morgan fingerprint density at radius 3 is 2.88 bits per heavy atom. The highest BCUT2D eigenvalue weighted by molar-refractivity contribution is 7.98. The first kappa shape index (κ1) is 14.0. The SMILES string of the molecule is CCCc1nc(C(=O)NC(CC)CSC)n[nH]1. The van der Waals surface area contributed by atoms with E-state index in [2.05, 4.69) is 34.3 Å². The fourth-order valence-corrected chi connectivity index (χ4v) is 2.18. The summed E-state index contributed by atoms with van der Waals surface area (Å²) in [7, 11) is 0. The van der Waals surface area contributed by atoms with E-state index in [-0.39, 0.29) is 17.8 Å². The van der Waals surface area contributed by atoms with Gasteiger partial charge in [-0.25, -0.2) is 4.98 Å². The minimum Gasteiger partial charge on any atom is -0.346 e. The molecule has 5 nitrogen and oxygen atoms in total. The van der Waals surface area contributed by atoms with E-state index in [1.54, 1.807) is 11.8 Å². The van der Waals surface area contributed by atoms with E-state index in [0.717, 1.165) is 30.8 Å². The van der Waals surface area contributed by atoms with Gasteiger partial charge in [0.05, 0.1) is 0 Å². The van der Waals surface area contributed by atoms with Gasteiger partial charge in [0.25, 0.3) is 5.91 Å². The predicted molar refractivity (Wildman–Crippen MR) is 70.3 cm³/mol. The van der Waals surface area contributed by atoms with Gasteiger partial charge < -0.3 is 5.32 Å². The number of thioether (sulfide) groups is 1. The van der Waals surface area contributed by atoms with E-state index in [4.69, 9.17) is 0 Å². The summed E-state index contributed by atoms with van der Waals surface area (Å²) in [4.78, 5) is 16.0. The van der Waals surface area contributed by atoms with E-state index in [1.807, 2.05) is 6.26 Å². The maximum absolute atomic E-state index is 11.8. The molecular formula is C11H20N4OS. The maximum Gasteiger partial charge on any atom is 0.291 e. The molecule has 0 aliphatic heterocycles. The fraction of sp³-hybridized carbons (Fsp3) is 0.727. The van der Waals surface area contributed by atoms with Gasteiger partial charge in [-0.1, -0.05) is 13.8 Å². The van der Waals surface area contributed by atoms with Crippen LogP contribution in [0.4, 0.5) is 0 Å². The lowest BCUT2D eigenvalue weighted by atomic mass is 10.2. The van der Waals surface area contributed by atoms with Crippen molar-refractivity contribution in [2.24, 2.45) is 0 Å². The van der Waals surface area contributed by atoms with Crippen LogP contribution < -0.4 is 5.32 Å². The molecule has 6 heteroatoms. The topological polar surface area (TPSA) is 70.7 Å². The Balaban J connectivity index is 2.55. The number of rotatable bonds is 7. The van der Waals surface area contributed by atoms with Crippen molar-refractivity contribution in [3.8, 4) is 0 Å². The minimum absolute atomic E-state index is 0.186. The quantitative estimate of drug-likeness (QED) is 0.778. The van der Waals surface area contributed by atoms with Crippen LogP contribution in [0.3, 0.4) is 0 Å². The molecule has 0 bridgehead atoms. The standard InChI is InChI=1S/C11H20N4OS/c1-4-6-9-13-10(15-14-9)11(16)12-8(5-2)7-17-3/h8H,4-7H2,1-3H3,(H,12,16)(H,13,14,15). The van der Waals surface area contributed by atoms with Gasteiger partial charge in [0, 0.05) is 18.2 Å². The van der Waals surface area contributed by atoms with Crippen molar-refractivity contribution in [1.82, 2.24) is 20.5 Å². The molecule has 0 aliphatic carbocycles. The Hall–Kier alpha value is -1.04. The van der Waals surface area contributed by atoms with Crippen molar-refractivity contribution in [1.29, 1.82) is 0 Å². The highest BCUT2D eigenvalue weighted by Crippen LogP contribution is 2.03. The third kappa shape index (κ3) is 4.38. The number of carbonyl (C=O) groups is 1. The summed E-state index contributed by atoms with van der Waals surface area (Å²) in [6.07, 6.45) is 4.75. The van der Waals surface area contributed by atoms with E-state index < -0.39 is 0 Å². The van der Waals surface area contributed by atoms with Crippen molar-refractivity contribution in [3.05, 3.63) is 11.6 Å². The number of amides is 1. The third-order valence-electron chi connectivity index (χ3n) is 2.42. The van der Waals surface area contributed by atoms with Gasteiger partial charge in [-0.05, 0) is 19.1 Å². The summed E-state index contributed by atoms with van der Waals surface area (Å²) < 4.78 is 0. The summed E-state index contributed by atoms with van der Waals surface area (Å²) in [5.74, 6) is 1.74. The highest BCUT2D eigenvalue weighted by atomic mass is 32.2. The number of nitrogens with zero attached hydrogens (tertiary/aromatic N) is 2. The van der Waals surface area contributed by atoms with Crippen molar-refractivity contribution in [3.63, 3.8) is 0 Å². The van der Waals surface area contributed by atoms with Gasteiger partial charge in [-0.15, -0.1) is 5.10 Å². The smallest absolute Gasteiger partial charge is 0.291 e. The Morgan fingerprint density at radius 2 is 2.29 bits per heavy atom. The summed E-state index contributed by atoms with van der Waals surface area (Å²) in [5, 5.41) is 9.65. The number of hydrogen-bond acceptors (Lipinski definition) is 4. The first-order chi connectivity index (χ1) is 8.21. The van der Waals surface area contributed by atoms with Gasteiger partial charge >= 0.3 is 0 Å². The number of aromatic nitrogens is 3. The molecule has 0 aliphatic rings. The van der Waals surface area contributed by atoms with Crippen LogP contribution in [0.15, 0.2) is 0 Å². The van der Waals surface area contributed by atoms with Crippen LogP contribution in [0.25, 0.3) is 0 Å². The molecule has 0 radical (unpaired) electrons. The number of hydrogen-bond donors (Lipinski definition) is 2. The molecule has 1 heterocycles. The van der Waals surface area contributed by atoms with Gasteiger partial charge in [-0.2, -0.15) is 11.8 Å². The molecule has 1 aromatic heterocycles. The molecule has 0 fully saturated rings. The summed E-state index contributed by atoms with van der Waals surface area (Å²) >= 11 is 1.72. The fourth-order valence-electron chi connectivity index (χ4n) is 1.46. The number of carbonyl (C=O) groups excluding carboxylic acids is 1. The van der Waals surface area contributed by atoms with Crippen LogP contribution in [-0.2, 0) is 6.42 Å². The second-order valence-corrected chi connectivity index (χ2v) is 4.80. The lowest BCUT2D eigenvalue weighted by molar-refractivity contribution is 0.0930. The van der Waals surface area contributed by atoms with E-state index in [9.17, 15) is 4.79 Å². The zero-order valence-corrected chi connectivity index (χ0v) is 11.4. The number of aryl methyl sites for hydroxylation is 1. The zero-order valence-electron chi connectivity index (χ0n) is 10.6. The number of nitrogens with one attached hydrogen (secondary N) is 2. The molecule has 1 atom stereocenters. The molecule has 17 heavy (non-hydrogen) atoms. The van der Waals surface area contributed by atoms with Crippen molar-refractivity contribution >= 4 is 17.7 Å². The van der Waals surface area contributed by atoms with Crippen molar-refractivity contribution < 1.29 is 4.79 Å². The Bertz CT molecular complexity index is 353. The van der Waals surface area contributed by atoms with Crippen LogP contribution in [-0.4, -0.2) is 39.1 Å². The summed E-state index contributed by atoms with van der Waals surface area (Å²) in [6, 6.07) is 0.186. The lowest BCUT2D eigenvalue weighted by Gasteiger charge is -2.13. The Kier molecular flexibility index (Phi) is 6.04. The summed E-state index contributed by atoms with van der Waals surface area (Å²) in [5.41, 5.74) is 0. The average Bonchev–Trinajstić information content (AvgIpc) is 2.77. The van der Waals surface area contributed by atoms with Crippen LogP contribution in [0.1, 0.15) is 43.1 Å². The zero-order chi connectivity index (χ0) is 12.7. The average molecular weight is 256 g/mol. The van der Waals surface area contributed by atoms with Gasteiger partial charge in [-0.3, -0.25) is 9.89 Å². The second-order valence-electron chi connectivity index (χ2n) is 3.89. The largest absolute Gasteiger partial charge is 0.346 e. The van der Waals surface area contributed by atoms with Crippen molar-refractivity contribution in [2.45, 2.75) is 39.2 Å².